The van der Waals surface area contributed by atoms with E-state index in [0.717, 1.165) is 12.8 Å². The SMILES string of the molecule is CCCC#CC(Cl)Cl. The number of halogens is 2. The molecule has 0 aromatic carbocycles. The van der Waals surface area contributed by atoms with Crippen molar-refractivity contribution in [3.05, 3.63) is 0 Å². The predicted molar refractivity (Wildman–Crippen MR) is 38.2 cm³/mol. The van der Waals surface area contributed by atoms with E-state index in [1.807, 2.05) is 0 Å². The second-order valence-corrected chi connectivity index (χ2v) is 2.47. The second-order valence-electron chi connectivity index (χ2n) is 1.37. The van der Waals surface area contributed by atoms with Crippen LogP contribution in [0.1, 0.15) is 19.8 Å². The summed E-state index contributed by atoms with van der Waals surface area (Å²) in [5.41, 5.74) is 0. The van der Waals surface area contributed by atoms with Crippen LogP contribution in [0.3, 0.4) is 0 Å². The second kappa shape index (κ2) is 5.28. The molecule has 2 heteroatoms. The van der Waals surface area contributed by atoms with Gasteiger partial charge in [-0.1, -0.05) is 36.0 Å². The molecule has 0 spiro atoms. The lowest BCUT2D eigenvalue weighted by atomic mass is 10.3. The molecule has 0 bridgehead atoms. The van der Waals surface area contributed by atoms with Crippen molar-refractivity contribution in [2.75, 3.05) is 0 Å². The Hall–Kier alpha value is 0.140. The Morgan fingerprint density at radius 2 is 2.12 bits per heavy atom. The van der Waals surface area contributed by atoms with Crippen molar-refractivity contribution < 1.29 is 0 Å². The van der Waals surface area contributed by atoms with Gasteiger partial charge in [0.25, 0.3) is 0 Å². The van der Waals surface area contributed by atoms with Crippen molar-refractivity contribution in [2.24, 2.45) is 0 Å². The largest absolute Gasteiger partial charge is 0.167 e. The van der Waals surface area contributed by atoms with Gasteiger partial charge in [0.2, 0.25) is 0 Å². The molecule has 0 aromatic heterocycles. The molecule has 0 atom stereocenters. The Balaban J connectivity index is 3.20. The quantitative estimate of drug-likeness (QED) is 0.399. The summed E-state index contributed by atoms with van der Waals surface area (Å²) in [4.78, 5) is -0.512. The minimum Gasteiger partial charge on any atom is -0.100 e. The van der Waals surface area contributed by atoms with Crippen LogP contribution in [0.25, 0.3) is 0 Å². The highest BCUT2D eigenvalue weighted by atomic mass is 35.5. The summed E-state index contributed by atoms with van der Waals surface area (Å²) in [6.45, 7) is 2.06. The zero-order chi connectivity index (χ0) is 6.41. The van der Waals surface area contributed by atoms with E-state index in [0.29, 0.717) is 0 Å². The van der Waals surface area contributed by atoms with E-state index in [2.05, 4.69) is 18.8 Å². The number of rotatable bonds is 1. The van der Waals surface area contributed by atoms with Crippen LogP contribution in [0.4, 0.5) is 0 Å². The average Bonchev–Trinajstić information content (AvgIpc) is 1.66. The lowest BCUT2D eigenvalue weighted by Crippen LogP contribution is -1.75. The van der Waals surface area contributed by atoms with Gasteiger partial charge in [-0.2, -0.15) is 0 Å². The van der Waals surface area contributed by atoms with E-state index in [1.165, 1.54) is 0 Å². The highest BCUT2D eigenvalue weighted by Gasteiger charge is 1.84. The van der Waals surface area contributed by atoms with Crippen LogP contribution in [0.2, 0.25) is 0 Å². The monoisotopic (exact) mass is 150 g/mol. The normalized spacial score (nSPS) is 8.50. The smallest absolute Gasteiger partial charge is 0.100 e. The third-order valence-electron chi connectivity index (χ3n) is 0.586. The third-order valence-corrected chi connectivity index (χ3v) is 0.804. The molecular weight excluding hydrogens is 143 g/mol. The van der Waals surface area contributed by atoms with E-state index in [9.17, 15) is 0 Å². The van der Waals surface area contributed by atoms with Crippen molar-refractivity contribution in [2.45, 2.75) is 24.6 Å². The summed E-state index contributed by atoms with van der Waals surface area (Å²) in [5.74, 6) is 5.45. The fourth-order valence-corrected chi connectivity index (χ4v) is 0.429. The van der Waals surface area contributed by atoms with Crippen molar-refractivity contribution in [1.29, 1.82) is 0 Å². The number of hydrogen-bond donors (Lipinski definition) is 0. The van der Waals surface area contributed by atoms with Gasteiger partial charge in [-0.05, 0) is 6.42 Å². The van der Waals surface area contributed by atoms with Gasteiger partial charge < -0.3 is 0 Å². The maximum Gasteiger partial charge on any atom is 0.167 e. The summed E-state index contributed by atoms with van der Waals surface area (Å²) < 4.78 is 0. The van der Waals surface area contributed by atoms with Crippen molar-refractivity contribution in [1.82, 2.24) is 0 Å². The van der Waals surface area contributed by atoms with Crippen LogP contribution in [-0.4, -0.2) is 4.84 Å². The van der Waals surface area contributed by atoms with Crippen LogP contribution >= 0.6 is 23.2 Å². The Morgan fingerprint density at radius 1 is 1.50 bits per heavy atom. The minimum absolute atomic E-state index is 0.512. The van der Waals surface area contributed by atoms with Crippen molar-refractivity contribution in [3.63, 3.8) is 0 Å². The van der Waals surface area contributed by atoms with Crippen LogP contribution in [0.5, 0.6) is 0 Å². The first-order chi connectivity index (χ1) is 3.77. The van der Waals surface area contributed by atoms with Gasteiger partial charge in [0.1, 0.15) is 0 Å². The molecule has 0 saturated heterocycles. The first kappa shape index (κ1) is 8.14. The molecule has 8 heavy (non-hydrogen) atoms. The predicted octanol–water partition coefficient (Wildman–Crippen LogP) is 2.59. The minimum atomic E-state index is -0.512. The van der Waals surface area contributed by atoms with Crippen LogP contribution in [0, 0.1) is 11.8 Å². The third kappa shape index (κ3) is 6.14. The van der Waals surface area contributed by atoms with Crippen LogP contribution in [0.15, 0.2) is 0 Å². The highest BCUT2D eigenvalue weighted by molar-refractivity contribution is 6.46. The molecule has 0 nitrogen and oxygen atoms in total. The van der Waals surface area contributed by atoms with Crippen molar-refractivity contribution in [3.8, 4) is 11.8 Å². The van der Waals surface area contributed by atoms with Crippen LogP contribution in [-0.2, 0) is 0 Å². The molecule has 0 heterocycles. The highest BCUT2D eigenvalue weighted by Crippen LogP contribution is 1.97. The number of unbranched alkanes of at least 4 members (excludes halogenated alkanes) is 1. The fraction of sp³-hybridized carbons (Fsp3) is 0.667. The standard InChI is InChI=1S/C6H8Cl2/c1-2-3-4-5-6(7)8/h6H,2-3H2,1H3. The maximum atomic E-state index is 5.31. The topological polar surface area (TPSA) is 0 Å². The average molecular weight is 151 g/mol. The van der Waals surface area contributed by atoms with Gasteiger partial charge in [0, 0.05) is 6.42 Å². The molecular formula is C6H8Cl2. The maximum absolute atomic E-state index is 5.31. The lowest BCUT2D eigenvalue weighted by Gasteiger charge is -1.80. The molecule has 46 valence electrons. The van der Waals surface area contributed by atoms with Gasteiger partial charge in [-0.25, -0.2) is 0 Å². The Bertz CT molecular complexity index is 96.8. The summed E-state index contributed by atoms with van der Waals surface area (Å²) in [6.07, 6.45) is 1.95. The molecule has 0 saturated carbocycles. The molecule has 0 radical (unpaired) electrons. The van der Waals surface area contributed by atoms with Gasteiger partial charge >= 0.3 is 0 Å². The van der Waals surface area contributed by atoms with E-state index in [1.54, 1.807) is 0 Å². The first-order valence-corrected chi connectivity index (χ1v) is 3.41. The van der Waals surface area contributed by atoms with E-state index >= 15 is 0 Å². The Morgan fingerprint density at radius 3 is 2.50 bits per heavy atom. The summed E-state index contributed by atoms with van der Waals surface area (Å²) in [5, 5.41) is 0. The van der Waals surface area contributed by atoms with Crippen molar-refractivity contribution >= 4 is 23.2 Å². The fourth-order valence-electron chi connectivity index (χ4n) is 0.274. The summed E-state index contributed by atoms with van der Waals surface area (Å²) in [6, 6.07) is 0. The molecule has 0 aromatic rings. The van der Waals surface area contributed by atoms with Gasteiger partial charge in [-0.3, -0.25) is 0 Å². The number of hydrogen-bond acceptors (Lipinski definition) is 0. The number of alkyl halides is 2. The van der Waals surface area contributed by atoms with Crippen LogP contribution < -0.4 is 0 Å². The van der Waals surface area contributed by atoms with E-state index < -0.39 is 4.84 Å². The lowest BCUT2D eigenvalue weighted by molar-refractivity contribution is 0.982. The molecule has 0 amide bonds. The van der Waals surface area contributed by atoms with Gasteiger partial charge in [0.05, 0.1) is 0 Å². The first-order valence-electron chi connectivity index (χ1n) is 2.54. The van der Waals surface area contributed by atoms with Gasteiger partial charge in [0.15, 0.2) is 4.84 Å². The molecule has 0 N–H and O–H groups in total. The summed E-state index contributed by atoms with van der Waals surface area (Å²) >= 11 is 10.6. The van der Waals surface area contributed by atoms with Gasteiger partial charge in [-0.15, -0.1) is 5.92 Å². The zero-order valence-corrected chi connectivity index (χ0v) is 6.26. The Labute approximate surface area is 60.2 Å². The van der Waals surface area contributed by atoms with E-state index in [-0.39, 0.29) is 0 Å². The molecule has 0 rings (SSSR count). The molecule has 0 aliphatic rings. The molecule has 0 unspecified atom stereocenters. The zero-order valence-electron chi connectivity index (χ0n) is 4.75. The molecule has 0 aliphatic carbocycles. The van der Waals surface area contributed by atoms with E-state index in [4.69, 9.17) is 23.2 Å². The molecule has 0 fully saturated rings. The summed E-state index contributed by atoms with van der Waals surface area (Å²) in [7, 11) is 0. The molecule has 0 aliphatic heterocycles. The Kier molecular flexibility index (Phi) is 5.37.